The molecule has 3 aromatic carbocycles. The highest BCUT2D eigenvalue weighted by molar-refractivity contribution is 8.00. The number of carbonyl (C=O) groups is 2. The van der Waals surface area contributed by atoms with Crippen molar-refractivity contribution in [3.63, 3.8) is 0 Å². The van der Waals surface area contributed by atoms with Crippen LogP contribution < -0.4 is 4.90 Å². The third-order valence-electron chi connectivity index (χ3n) is 5.63. The number of rotatable bonds is 6. The van der Waals surface area contributed by atoms with Gasteiger partial charge in [-0.3, -0.25) is 14.5 Å². The molecule has 0 saturated carbocycles. The summed E-state index contributed by atoms with van der Waals surface area (Å²) >= 11 is 20.7. The Labute approximate surface area is 235 Å². The summed E-state index contributed by atoms with van der Waals surface area (Å²) in [5, 5.41) is 21.5. The van der Waals surface area contributed by atoms with Crippen molar-refractivity contribution in [1.29, 1.82) is 0 Å². The molecule has 0 bridgehead atoms. The predicted octanol–water partition coefficient (Wildman–Crippen LogP) is 7.42. The summed E-state index contributed by atoms with van der Waals surface area (Å²) in [5.41, 5.74) is 1.94. The van der Waals surface area contributed by atoms with Gasteiger partial charge in [0.2, 0.25) is 5.13 Å². The quantitative estimate of drug-likeness (QED) is 0.0830. The summed E-state index contributed by atoms with van der Waals surface area (Å²) in [5.74, 6) is -1.31. The fraction of sp³-hybridized carbons (Fsp3) is 0.0769. The van der Waals surface area contributed by atoms with E-state index in [0.29, 0.717) is 36.3 Å². The van der Waals surface area contributed by atoms with Crippen LogP contribution in [0.2, 0.25) is 15.1 Å². The average molecular weight is 589 g/mol. The molecule has 1 amide bonds. The number of amides is 1. The molecule has 5 rings (SSSR count). The van der Waals surface area contributed by atoms with Crippen LogP contribution in [-0.2, 0) is 15.3 Å². The molecular weight excluding hydrogens is 573 g/mol. The Morgan fingerprint density at radius 2 is 1.43 bits per heavy atom. The Kier molecular flexibility index (Phi) is 7.55. The van der Waals surface area contributed by atoms with Gasteiger partial charge in [0.15, 0.2) is 4.34 Å². The Morgan fingerprint density at radius 3 is 2.05 bits per heavy atom. The SMILES string of the molecule is O=C1C(=O)N(c2nnc(SCc3ccc(Cl)cc3)s2)C(c2ccc(Cl)cc2)/C1=C(/O)c1ccc(Cl)cc1. The summed E-state index contributed by atoms with van der Waals surface area (Å²) in [7, 11) is 0. The molecule has 4 aromatic rings. The van der Waals surface area contributed by atoms with Crippen molar-refractivity contribution in [2.24, 2.45) is 0 Å². The topological polar surface area (TPSA) is 83.4 Å². The highest BCUT2D eigenvalue weighted by atomic mass is 35.5. The molecule has 1 aliphatic heterocycles. The van der Waals surface area contributed by atoms with E-state index in [4.69, 9.17) is 34.8 Å². The van der Waals surface area contributed by atoms with Gasteiger partial charge in [-0.05, 0) is 59.7 Å². The van der Waals surface area contributed by atoms with Crippen molar-refractivity contribution >= 4 is 80.5 Å². The van der Waals surface area contributed by atoms with Gasteiger partial charge >= 0.3 is 5.91 Å². The van der Waals surface area contributed by atoms with E-state index >= 15 is 0 Å². The highest BCUT2D eigenvalue weighted by Gasteiger charge is 2.48. The molecule has 1 atom stereocenters. The smallest absolute Gasteiger partial charge is 0.301 e. The van der Waals surface area contributed by atoms with Gasteiger partial charge in [0, 0.05) is 26.4 Å². The minimum Gasteiger partial charge on any atom is -0.507 e. The van der Waals surface area contributed by atoms with E-state index < -0.39 is 17.7 Å². The Balaban J connectivity index is 1.53. The molecule has 1 N–H and O–H groups in total. The van der Waals surface area contributed by atoms with Gasteiger partial charge < -0.3 is 5.11 Å². The van der Waals surface area contributed by atoms with E-state index in [9.17, 15) is 14.7 Å². The molecule has 186 valence electrons. The summed E-state index contributed by atoms with van der Waals surface area (Å²) in [6.07, 6.45) is 0. The van der Waals surface area contributed by atoms with E-state index in [-0.39, 0.29) is 16.5 Å². The van der Waals surface area contributed by atoms with Crippen molar-refractivity contribution < 1.29 is 14.7 Å². The lowest BCUT2D eigenvalue weighted by Crippen LogP contribution is -2.29. The van der Waals surface area contributed by atoms with Gasteiger partial charge in [0.05, 0.1) is 11.6 Å². The fourth-order valence-electron chi connectivity index (χ4n) is 3.84. The zero-order chi connectivity index (χ0) is 26.1. The number of carbonyl (C=O) groups excluding carboxylic acids is 2. The van der Waals surface area contributed by atoms with Crippen LogP contribution in [0.3, 0.4) is 0 Å². The summed E-state index contributed by atoms with van der Waals surface area (Å²) in [6.45, 7) is 0. The van der Waals surface area contributed by atoms with E-state index in [1.165, 1.54) is 28.0 Å². The van der Waals surface area contributed by atoms with Gasteiger partial charge in [-0.1, -0.05) is 82.2 Å². The molecule has 0 aliphatic carbocycles. The predicted molar refractivity (Wildman–Crippen MR) is 149 cm³/mol. The van der Waals surface area contributed by atoms with Crippen molar-refractivity contribution in [2.45, 2.75) is 16.1 Å². The van der Waals surface area contributed by atoms with Crippen LogP contribution in [0, 0.1) is 0 Å². The monoisotopic (exact) mass is 587 g/mol. The second-order valence-corrected chi connectivity index (χ2v) is 11.5. The highest BCUT2D eigenvalue weighted by Crippen LogP contribution is 2.44. The summed E-state index contributed by atoms with van der Waals surface area (Å²) in [6, 6.07) is 19.6. The molecule has 1 unspecified atom stereocenters. The van der Waals surface area contributed by atoms with Crippen LogP contribution in [0.25, 0.3) is 5.76 Å². The van der Waals surface area contributed by atoms with Crippen LogP contribution >= 0.6 is 57.9 Å². The number of hydrogen-bond donors (Lipinski definition) is 1. The van der Waals surface area contributed by atoms with Crippen molar-refractivity contribution in [1.82, 2.24) is 10.2 Å². The normalized spacial score (nSPS) is 16.9. The largest absolute Gasteiger partial charge is 0.507 e. The molecule has 1 fully saturated rings. The van der Waals surface area contributed by atoms with Crippen molar-refractivity contribution in [3.8, 4) is 0 Å². The zero-order valence-electron chi connectivity index (χ0n) is 18.8. The lowest BCUT2D eigenvalue weighted by atomic mass is 9.95. The van der Waals surface area contributed by atoms with E-state index in [1.807, 2.05) is 24.3 Å². The van der Waals surface area contributed by atoms with Gasteiger partial charge in [-0.15, -0.1) is 10.2 Å². The van der Waals surface area contributed by atoms with Crippen LogP contribution in [0.15, 0.2) is 82.7 Å². The first-order valence-electron chi connectivity index (χ1n) is 10.8. The first-order valence-corrected chi connectivity index (χ1v) is 13.8. The van der Waals surface area contributed by atoms with E-state index in [2.05, 4.69) is 10.2 Å². The Morgan fingerprint density at radius 1 is 0.865 bits per heavy atom. The minimum absolute atomic E-state index is 0.0554. The molecular formula is C26H16Cl3N3O3S2. The molecule has 0 spiro atoms. The molecule has 1 aromatic heterocycles. The molecule has 6 nitrogen and oxygen atoms in total. The lowest BCUT2D eigenvalue weighted by Gasteiger charge is -2.22. The number of thioether (sulfide) groups is 1. The maximum absolute atomic E-state index is 13.3. The minimum atomic E-state index is -0.921. The molecule has 1 aliphatic rings. The average Bonchev–Trinajstić information content (AvgIpc) is 3.46. The van der Waals surface area contributed by atoms with Crippen molar-refractivity contribution in [2.75, 3.05) is 4.90 Å². The molecule has 1 saturated heterocycles. The first-order chi connectivity index (χ1) is 17.8. The van der Waals surface area contributed by atoms with Crippen LogP contribution in [0.1, 0.15) is 22.7 Å². The van der Waals surface area contributed by atoms with Crippen molar-refractivity contribution in [3.05, 3.63) is 110 Å². The summed E-state index contributed by atoms with van der Waals surface area (Å²) < 4.78 is 0.624. The summed E-state index contributed by atoms with van der Waals surface area (Å²) in [4.78, 5) is 27.8. The first kappa shape index (κ1) is 25.8. The molecule has 2 heterocycles. The molecule has 11 heteroatoms. The third-order valence-corrected chi connectivity index (χ3v) is 8.51. The maximum atomic E-state index is 13.3. The van der Waals surface area contributed by atoms with E-state index in [0.717, 1.165) is 5.56 Å². The second-order valence-electron chi connectivity index (χ2n) is 7.99. The third kappa shape index (κ3) is 5.39. The lowest BCUT2D eigenvalue weighted by molar-refractivity contribution is -0.132. The number of Topliss-reactive ketones (excluding diaryl/α,β-unsaturated/α-hetero) is 1. The number of halogens is 3. The van der Waals surface area contributed by atoms with E-state index in [1.54, 1.807) is 48.5 Å². The van der Waals surface area contributed by atoms with Gasteiger partial charge in [0.25, 0.3) is 5.78 Å². The zero-order valence-corrected chi connectivity index (χ0v) is 22.7. The number of aromatic nitrogens is 2. The van der Waals surface area contributed by atoms with Gasteiger partial charge in [-0.2, -0.15) is 0 Å². The van der Waals surface area contributed by atoms with Crippen LogP contribution in [0.4, 0.5) is 5.13 Å². The van der Waals surface area contributed by atoms with Crippen LogP contribution in [0.5, 0.6) is 0 Å². The van der Waals surface area contributed by atoms with Gasteiger partial charge in [0.1, 0.15) is 5.76 Å². The standard InChI is InChI=1S/C26H16Cl3N3O3S2/c27-17-7-1-14(2-8-17)13-36-26-31-30-25(37-26)32-21(15-3-9-18(28)10-4-15)20(23(34)24(32)35)22(33)16-5-11-19(29)12-6-16/h1-12,21,33H,13H2/b22-20-. The number of benzene rings is 3. The molecule has 37 heavy (non-hydrogen) atoms. The number of aliphatic hydroxyl groups excluding tert-OH is 1. The maximum Gasteiger partial charge on any atom is 0.301 e. The Bertz CT molecular complexity index is 1500. The number of ketones is 1. The number of aliphatic hydroxyl groups is 1. The Hall–Kier alpha value is -2.88. The van der Waals surface area contributed by atoms with Gasteiger partial charge in [-0.25, -0.2) is 0 Å². The fourth-order valence-corrected chi connectivity index (χ4v) is 6.04. The number of anilines is 1. The van der Waals surface area contributed by atoms with Crippen LogP contribution in [-0.4, -0.2) is 27.0 Å². The second kappa shape index (κ2) is 10.8. The number of nitrogens with zero attached hydrogens (tertiary/aromatic N) is 3. The number of hydrogen-bond acceptors (Lipinski definition) is 7. The molecule has 0 radical (unpaired) electrons.